The highest BCUT2D eigenvalue weighted by Gasteiger charge is 2.11. The molecule has 23 heavy (non-hydrogen) atoms. The number of benzene rings is 1. The Morgan fingerprint density at radius 1 is 1.17 bits per heavy atom. The second-order valence-corrected chi connectivity index (χ2v) is 6.36. The molecular weight excluding hydrogens is 310 g/mol. The molecule has 0 unspecified atom stereocenters. The Morgan fingerprint density at radius 2 is 1.91 bits per heavy atom. The van der Waals surface area contributed by atoms with Gasteiger partial charge >= 0.3 is 0 Å². The van der Waals surface area contributed by atoms with Crippen molar-refractivity contribution in [3.63, 3.8) is 0 Å². The van der Waals surface area contributed by atoms with Crippen LogP contribution in [-0.2, 0) is 6.54 Å². The summed E-state index contributed by atoms with van der Waals surface area (Å²) in [6.07, 6.45) is 0. The minimum atomic E-state index is -0.149. The summed E-state index contributed by atoms with van der Waals surface area (Å²) in [7, 11) is 0. The van der Waals surface area contributed by atoms with E-state index in [1.165, 1.54) is 18.3 Å². The molecule has 0 atom stereocenters. The Hall–Kier alpha value is -2.47. The number of para-hydroxylation sites is 2. The summed E-state index contributed by atoms with van der Waals surface area (Å²) in [6.45, 7) is 4.62. The monoisotopic (exact) mass is 327 g/mol. The summed E-state index contributed by atoms with van der Waals surface area (Å²) in [5.74, 6) is 0.759. The lowest BCUT2D eigenvalue weighted by atomic mass is 10.3. The maximum absolute atomic E-state index is 12.1. The highest BCUT2D eigenvalue weighted by Crippen LogP contribution is 2.17. The molecule has 1 N–H and O–H groups in total. The van der Waals surface area contributed by atoms with Crippen LogP contribution in [0.1, 0.15) is 32.1 Å². The highest BCUT2D eigenvalue weighted by atomic mass is 32.1. The van der Waals surface area contributed by atoms with Crippen LogP contribution in [0.4, 0.5) is 0 Å². The molecule has 1 aromatic carbocycles. The predicted molar refractivity (Wildman–Crippen MR) is 91.1 cm³/mol. The summed E-state index contributed by atoms with van der Waals surface area (Å²) < 4.78 is 2.09. The maximum Gasteiger partial charge on any atom is 0.261 e. The average Bonchev–Trinajstić information content (AvgIpc) is 3.12. The molecule has 0 saturated carbocycles. The van der Waals surface area contributed by atoms with Crippen LogP contribution < -0.4 is 5.32 Å². The molecule has 0 bridgehead atoms. The van der Waals surface area contributed by atoms with Gasteiger partial charge in [-0.3, -0.25) is 9.59 Å². The Balaban J connectivity index is 1.65. The number of ketones is 1. The van der Waals surface area contributed by atoms with Crippen molar-refractivity contribution in [1.82, 2.24) is 14.9 Å². The minimum Gasteiger partial charge on any atom is -0.350 e. The first-order chi connectivity index (χ1) is 11.1. The van der Waals surface area contributed by atoms with Gasteiger partial charge < -0.3 is 9.88 Å². The number of rotatable bonds is 5. The number of nitrogens with zero attached hydrogens (tertiary/aromatic N) is 2. The van der Waals surface area contributed by atoms with E-state index in [4.69, 9.17) is 0 Å². The summed E-state index contributed by atoms with van der Waals surface area (Å²) in [6, 6.07) is 11.3. The fraction of sp³-hybridized carbons (Fsp3) is 0.235. The number of carbonyl (C=O) groups excluding carboxylic acids is 2. The third-order valence-corrected chi connectivity index (χ3v) is 4.83. The van der Waals surface area contributed by atoms with Gasteiger partial charge in [-0.1, -0.05) is 12.1 Å². The van der Waals surface area contributed by atoms with Crippen LogP contribution in [0.25, 0.3) is 11.0 Å². The Morgan fingerprint density at radius 3 is 2.65 bits per heavy atom. The van der Waals surface area contributed by atoms with Crippen molar-refractivity contribution in [2.45, 2.75) is 20.4 Å². The van der Waals surface area contributed by atoms with Crippen molar-refractivity contribution in [3.8, 4) is 0 Å². The van der Waals surface area contributed by atoms with Gasteiger partial charge in [0.05, 0.1) is 20.8 Å². The van der Waals surface area contributed by atoms with E-state index in [1.54, 1.807) is 12.1 Å². The molecule has 0 aliphatic heterocycles. The van der Waals surface area contributed by atoms with E-state index >= 15 is 0 Å². The molecular formula is C17H17N3O2S. The number of fused-ring (bicyclic) bond motifs is 1. The van der Waals surface area contributed by atoms with Gasteiger partial charge in [0.2, 0.25) is 0 Å². The van der Waals surface area contributed by atoms with E-state index in [-0.39, 0.29) is 11.7 Å². The zero-order valence-corrected chi connectivity index (χ0v) is 13.8. The fourth-order valence-corrected chi connectivity index (χ4v) is 3.31. The lowest BCUT2D eigenvalue weighted by molar-refractivity contribution is 0.0955. The Labute approximate surface area is 138 Å². The van der Waals surface area contributed by atoms with Gasteiger partial charge in [-0.25, -0.2) is 4.98 Å². The molecule has 0 aliphatic rings. The number of thiophene rings is 1. The maximum atomic E-state index is 12.1. The number of hydrogen-bond acceptors (Lipinski definition) is 4. The van der Waals surface area contributed by atoms with Crippen molar-refractivity contribution < 1.29 is 9.59 Å². The number of nitrogens with one attached hydrogen (secondary N) is 1. The predicted octanol–water partition coefficient (Wildman–Crippen LogP) is 3.04. The quantitative estimate of drug-likeness (QED) is 0.733. The molecule has 0 radical (unpaired) electrons. The van der Waals surface area contributed by atoms with Gasteiger partial charge in [-0.15, -0.1) is 11.3 Å². The molecule has 3 rings (SSSR count). The van der Waals surface area contributed by atoms with Gasteiger partial charge in [0, 0.05) is 13.1 Å². The molecule has 6 heteroatoms. The SMILES string of the molecule is CC(=O)c1ccc(C(=O)NCCn2c(C)nc3ccccc32)s1. The highest BCUT2D eigenvalue weighted by molar-refractivity contribution is 7.15. The van der Waals surface area contributed by atoms with E-state index in [0.29, 0.717) is 22.8 Å². The van der Waals surface area contributed by atoms with Crippen LogP contribution in [0, 0.1) is 6.92 Å². The molecule has 0 fully saturated rings. The third-order valence-electron chi connectivity index (χ3n) is 3.64. The number of hydrogen-bond donors (Lipinski definition) is 1. The van der Waals surface area contributed by atoms with Gasteiger partial charge in [0.15, 0.2) is 5.78 Å². The van der Waals surface area contributed by atoms with Crippen molar-refractivity contribution in [1.29, 1.82) is 0 Å². The molecule has 3 aromatic rings. The van der Waals surface area contributed by atoms with Crippen molar-refractivity contribution >= 4 is 34.1 Å². The largest absolute Gasteiger partial charge is 0.350 e. The zero-order chi connectivity index (χ0) is 16.4. The average molecular weight is 327 g/mol. The number of Topliss-reactive ketones (excluding diaryl/α,β-unsaturated/α-hetero) is 1. The number of aromatic nitrogens is 2. The molecule has 0 aliphatic carbocycles. The Bertz CT molecular complexity index is 879. The number of imidazole rings is 1. The first-order valence-electron chi connectivity index (χ1n) is 7.37. The Kier molecular flexibility index (Phi) is 4.25. The summed E-state index contributed by atoms with van der Waals surface area (Å²) >= 11 is 1.22. The fourth-order valence-electron chi connectivity index (χ4n) is 2.50. The van der Waals surface area contributed by atoms with E-state index in [2.05, 4.69) is 14.9 Å². The number of amides is 1. The van der Waals surface area contributed by atoms with E-state index in [0.717, 1.165) is 16.9 Å². The topological polar surface area (TPSA) is 64.0 Å². The first kappa shape index (κ1) is 15.4. The molecule has 118 valence electrons. The second-order valence-electron chi connectivity index (χ2n) is 5.28. The smallest absolute Gasteiger partial charge is 0.261 e. The van der Waals surface area contributed by atoms with Crippen LogP contribution in [0.2, 0.25) is 0 Å². The molecule has 2 heterocycles. The van der Waals surface area contributed by atoms with Crippen LogP contribution >= 0.6 is 11.3 Å². The summed E-state index contributed by atoms with van der Waals surface area (Å²) in [5, 5.41) is 2.89. The minimum absolute atomic E-state index is 0.0189. The van der Waals surface area contributed by atoms with E-state index < -0.39 is 0 Å². The lowest BCUT2D eigenvalue weighted by Crippen LogP contribution is -2.26. The third kappa shape index (κ3) is 3.17. The van der Waals surface area contributed by atoms with Crippen molar-refractivity contribution in [3.05, 3.63) is 52.0 Å². The van der Waals surface area contributed by atoms with Gasteiger partial charge in [0.1, 0.15) is 5.82 Å². The molecule has 5 nitrogen and oxygen atoms in total. The number of carbonyl (C=O) groups is 2. The standard InChI is InChI=1S/C17H17N3O2S/c1-11(21)15-7-8-16(23-15)17(22)18-9-10-20-12(2)19-13-5-3-4-6-14(13)20/h3-8H,9-10H2,1-2H3,(H,18,22). The van der Waals surface area contributed by atoms with E-state index in [1.807, 2.05) is 31.2 Å². The van der Waals surface area contributed by atoms with Crippen LogP contribution in [0.5, 0.6) is 0 Å². The zero-order valence-electron chi connectivity index (χ0n) is 13.0. The number of aryl methyl sites for hydroxylation is 1. The molecule has 1 amide bonds. The van der Waals surface area contributed by atoms with Gasteiger partial charge in [0.25, 0.3) is 5.91 Å². The van der Waals surface area contributed by atoms with Crippen molar-refractivity contribution in [2.75, 3.05) is 6.54 Å². The van der Waals surface area contributed by atoms with E-state index in [9.17, 15) is 9.59 Å². The molecule has 0 saturated heterocycles. The normalized spacial score (nSPS) is 10.9. The molecule has 0 spiro atoms. The summed E-state index contributed by atoms with van der Waals surface area (Å²) in [4.78, 5) is 29.1. The van der Waals surface area contributed by atoms with Gasteiger partial charge in [-0.2, -0.15) is 0 Å². The second kappa shape index (κ2) is 6.34. The lowest BCUT2D eigenvalue weighted by Gasteiger charge is -2.08. The van der Waals surface area contributed by atoms with Gasteiger partial charge in [-0.05, 0) is 38.1 Å². The van der Waals surface area contributed by atoms with Crippen LogP contribution in [0.15, 0.2) is 36.4 Å². The van der Waals surface area contributed by atoms with Crippen LogP contribution in [-0.4, -0.2) is 27.8 Å². The summed E-state index contributed by atoms with van der Waals surface area (Å²) in [5.41, 5.74) is 2.02. The van der Waals surface area contributed by atoms with Crippen LogP contribution in [0.3, 0.4) is 0 Å². The molecule has 2 aromatic heterocycles. The first-order valence-corrected chi connectivity index (χ1v) is 8.19. The van der Waals surface area contributed by atoms with Crippen molar-refractivity contribution in [2.24, 2.45) is 0 Å².